The van der Waals surface area contributed by atoms with Gasteiger partial charge in [-0.15, -0.1) is 11.8 Å². The molecule has 0 N–H and O–H groups in total. The van der Waals surface area contributed by atoms with Crippen molar-refractivity contribution in [1.29, 1.82) is 0 Å². The van der Waals surface area contributed by atoms with Crippen LogP contribution in [-0.4, -0.2) is 33.8 Å². The minimum absolute atomic E-state index is 0.0690. The maximum Gasteiger partial charge on any atom is 0.232 e. The maximum atomic E-state index is 12.4. The number of pyridine rings is 1. The fourth-order valence-electron chi connectivity index (χ4n) is 2.88. The first-order valence-electron chi connectivity index (χ1n) is 7.94. The zero-order valence-corrected chi connectivity index (χ0v) is 14.4. The number of anilines is 1. The third-order valence-corrected chi connectivity index (χ3v) is 4.94. The van der Waals surface area contributed by atoms with Crippen molar-refractivity contribution in [3.05, 3.63) is 54.6 Å². The van der Waals surface area contributed by atoms with Gasteiger partial charge in [-0.1, -0.05) is 11.2 Å². The van der Waals surface area contributed by atoms with Gasteiger partial charge >= 0.3 is 0 Å². The molecule has 0 saturated carbocycles. The van der Waals surface area contributed by atoms with Crippen LogP contribution in [0.2, 0.25) is 0 Å². The third kappa shape index (κ3) is 3.15. The monoisotopic (exact) mass is 352 g/mol. The van der Waals surface area contributed by atoms with Crippen molar-refractivity contribution < 1.29 is 9.32 Å². The summed E-state index contributed by atoms with van der Waals surface area (Å²) in [5.74, 6) is 0.903. The lowest BCUT2D eigenvalue weighted by molar-refractivity contribution is -0.117. The molecule has 0 spiro atoms. The fraction of sp³-hybridized carbons (Fsp3) is 0.222. The third-order valence-electron chi connectivity index (χ3n) is 4.19. The van der Waals surface area contributed by atoms with E-state index >= 15 is 0 Å². The van der Waals surface area contributed by atoms with Crippen molar-refractivity contribution in [3.63, 3.8) is 0 Å². The average molecular weight is 352 g/mol. The van der Waals surface area contributed by atoms with Crippen molar-refractivity contribution in [3.8, 4) is 11.5 Å². The molecule has 4 rings (SSSR count). The fourth-order valence-corrected chi connectivity index (χ4v) is 3.29. The molecule has 3 heterocycles. The summed E-state index contributed by atoms with van der Waals surface area (Å²) in [7, 11) is 0. The van der Waals surface area contributed by atoms with Gasteiger partial charge in [0.2, 0.25) is 17.6 Å². The van der Waals surface area contributed by atoms with Crippen LogP contribution in [0.3, 0.4) is 0 Å². The van der Waals surface area contributed by atoms with Gasteiger partial charge in [-0.3, -0.25) is 9.78 Å². The normalized spacial score (nSPS) is 17.2. The molecule has 7 heteroatoms. The number of rotatable bonds is 4. The van der Waals surface area contributed by atoms with E-state index in [4.69, 9.17) is 4.52 Å². The second-order valence-corrected chi connectivity index (χ2v) is 6.65. The predicted molar refractivity (Wildman–Crippen MR) is 95.5 cm³/mol. The number of benzene rings is 1. The number of hydrogen-bond acceptors (Lipinski definition) is 6. The van der Waals surface area contributed by atoms with Crippen LogP contribution in [0.15, 0.2) is 58.1 Å². The lowest BCUT2D eigenvalue weighted by Gasteiger charge is -2.16. The van der Waals surface area contributed by atoms with E-state index in [1.165, 1.54) is 4.90 Å². The van der Waals surface area contributed by atoms with E-state index < -0.39 is 0 Å². The number of carbonyl (C=O) groups is 1. The van der Waals surface area contributed by atoms with Crippen molar-refractivity contribution in [2.45, 2.75) is 17.2 Å². The Labute approximate surface area is 149 Å². The largest absolute Gasteiger partial charge is 0.339 e. The minimum atomic E-state index is -0.0994. The molecule has 2 aromatic heterocycles. The molecule has 1 saturated heterocycles. The summed E-state index contributed by atoms with van der Waals surface area (Å²) in [5.41, 5.74) is 1.56. The topological polar surface area (TPSA) is 72.1 Å². The highest BCUT2D eigenvalue weighted by atomic mass is 32.2. The SMILES string of the molecule is CSc1ccc(N2CC(c3nc(-c4ccccn4)no3)CC2=O)cc1. The molecule has 1 atom stereocenters. The summed E-state index contributed by atoms with van der Waals surface area (Å²) in [6.07, 6.45) is 4.08. The molecular formula is C18H16N4O2S. The van der Waals surface area contributed by atoms with Crippen LogP contribution < -0.4 is 4.90 Å². The lowest BCUT2D eigenvalue weighted by Crippen LogP contribution is -2.24. The van der Waals surface area contributed by atoms with E-state index in [1.54, 1.807) is 22.9 Å². The average Bonchev–Trinajstić information content (AvgIpc) is 3.29. The van der Waals surface area contributed by atoms with E-state index in [-0.39, 0.29) is 11.8 Å². The minimum Gasteiger partial charge on any atom is -0.339 e. The summed E-state index contributed by atoms with van der Waals surface area (Å²) in [5, 5.41) is 4.00. The number of thioether (sulfide) groups is 1. The molecule has 1 amide bonds. The van der Waals surface area contributed by atoms with Crippen LogP contribution in [0.25, 0.3) is 11.5 Å². The Hall–Kier alpha value is -2.67. The Bertz CT molecular complexity index is 880. The van der Waals surface area contributed by atoms with E-state index in [2.05, 4.69) is 15.1 Å². The van der Waals surface area contributed by atoms with Gasteiger partial charge in [0.05, 0.1) is 5.92 Å². The highest BCUT2D eigenvalue weighted by Crippen LogP contribution is 2.32. The zero-order valence-electron chi connectivity index (χ0n) is 13.6. The van der Waals surface area contributed by atoms with Gasteiger partial charge in [0.25, 0.3) is 0 Å². The molecule has 1 aliphatic rings. The summed E-state index contributed by atoms with van der Waals surface area (Å²) in [6.45, 7) is 0.543. The van der Waals surface area contributed by atoms with Crippen molar-refractivity contribution in [2.24, 2.45) is 0 Å². The first-order valence-corrected chi connectivity index (χ1v) is 9.16. The standard InChI is InChI=1S/C18H16N4O2S/c1-25-14-7-5-13(6-8-14)22-11-12(10-16(22)23)18-20-17(21-24-18)15-4-2-3-9-19-15/h2-9,12H,10-11H2,1H3. The first-order chi connectivity index (χ1) is 12.2. The number of nitrogens with zero attached hydrogens (tertiary/aromatic N) is 4. The highest BCUT2D eigenvalue weighted by molar-refractivity contribution is 7.98. The number of carbonyl (C=O) groups excluding carboxylic acids is 1. The molecule has 0 bridgehead atoms. The van der Waals surface area contributed by atoms with E-state index in [9.17, 15) is 4.79 Å². The summed E-state index contributed by atoms with van der Waals surface area (Å²) in [4.78, 5) is 24.0. The zero-order chi connectivity index (χ0) is 17.2. The number of aromatic nitrogens is 3. The second-order valence-electron chi connectivity index (χ2n) is 5.77. The molecule has 6 nitrogen and oxygen atoms in total. The summed E-state index contributed by atoms with van der Waals surface area (Å²) >= 11 is 1.68. The van der Waals surface area contributed by atoms with Crippen molar-refractivity contribution in [2.75, 3.05) is 17.7 Å². The van der Waals surface area contributed by atoms with Gasteiger partial charge in [0, 0.05) is 29.7 Å². The molecule has 1 fully saturated rings. The Morgan fingerprint density at radius 2 is 2.04 bits per heavy atom. The Morgan fingerprint density at radius 3 is 2.76 bits per heavy atom. The van der Waals surface area contributed by atoms with Crippen LogP contribution in [0, 0.1) is 0 Å². The van der Waals surface area contributed by atoms with Gasteiger partial charge in [-0.25, -0.2) is 0 Å². The van der Waals surface area contributed by atoms with Gasteiger partial charge in [-0.2, -0.15) is 4.98 Å². The first kappa shape index (κ1) is 15.8. The maximum absolute atomic E-state index is 12.4. The van der Waals surface area contributed by atoms with E-state index in [0.29, 0.717) is 30.4 Å². The number of amides is 1. The second kappa shape index (κ2) is 6.68. The van der Waals surface area contributed by atoms with E-state index in [1.807, 2.05) is 48.7 Å². The Balaban J connectivity index is 1.53. The number of hydrogen-bond donors (Lipinski definition) is 0. The van der Waals surface area contributed by atoms with Crippen LogP contribution in [0.5, 0.6) is 0 Å². The molecule has 1 aromatic carbocycles. The van der Waals surface area contributed by atoms with Crippen molar-refractivity contribution in [1.82, 2.24) is 15.1 Å². The van der Waals surface area contributed by atoms with Crippen molar-refractivity contribution >= 4 is 23.4 Å². The van der Waals surface area contributed by atoms with E-state index in [0.717, 1.165) is 5.69 Å². The molecular weight excluding hydrogens is 336 g/mol. The van der Waals surface area contributed by atoms with Crippen LogP contribution in [0.4, 0.5) is 5.69 Å². The summed E-state index contributed by atoms with van der Waals surface area (Å²) in [6, 6.07) is 13.5. The summed E-state index contributed by atoms with van der Waals surface area (Å²) < 4.78 is 5.39. The quantitative estimate of drug-likeness (QED) is 0.670. The molecule has 3 aromatic rings. The van der Waals surface area contributed by atoms with Crippen LogP contribution in [0.1, 0.15) is 18.2 Å². The Kier molecular flexibility index (Phi) is 4.23. The Morgan fingerprint density at radius 1 is 1.20 bits per heavy atom. The van der Waals surface area contributed by atoms with Gasteiger partial charge in [0.15, 0.2) is 0 Å². The molecule has 1 unspecified atom stereocenters. The molecule has 0 radical (unpaired) electrons. The van der Waals surface area contributed by atoms with Crippen LogP contribution >= 0.6 is 11.8 Å². The van der Waals surface area contributed by atoms with Gasteiger partial charge in [0.1, 0.15) is 5.69 Å². The molecule has 25 heavy (non-hydrogen) atoms. The molecule has 1 aliphatic heterocycles. The van der Waals surface area contributed by atoms with Gasteiger partial charge in [-0.05, 0) is 42.7 Å². The van der Waals surface area contributed by atoms with Crippen LogP contribution in [-0.2, 0) is 4.79 Å². The molecule has 0 aliphatic carbocycles. The molecule has 126 valence electrons. The predicted octanol–water partition coefficient (Wildman–Crippen LogP) is 3.37. The lowest BCUT2D eigenvalue weighted by atomic mass is 10.1. The van der Waals surface area contributed by atoms with Gasteiger partial charge < -0.3 is 9.42 Å². The smallest absolute Gasteiger partial charge is 0.232 e. The highest BCUT2D eigenvalue weighted by Gasteiger charge is 2.35.